The first kappa shape index (κ1) is 10.5. The molecule has 0 aliphatic rings. The second kappa shape index (κ2) is 3.66. The Morgan fingerprint density at radius 3 is 2.83 bits per heavy atom. The lowest BCUT2D eigenvalue weighted by Crippen LogP contribution is -2.26. The predicted octanol–water partition coefficient (Wildman–Crippen LogP) is 0.369. The van der Waals surface area contributed by atoms with Crippen molar-refractivity contribution in [3.05, 3.63) is 35.7 Å². The summed E-state index contributed by atoms with van der Waals surface area (Å²) in [6.07, 6.45) is 1.27. The SMILES string of the molecule is Cn1nnnc1-c1c[n+]([O-])c2ccccc2c1O. The van der Waals surface area contributed by atoms with Gasteiger partial charge >= 0.3 is 0 Å². The molecule has 0 spiro atoms. The Morgan fingerprint density at radius 2 is 2.11 bits per heavy atom. The maximum atomic E-state index is 11.9. The fourth-order valence-corrected chi connectivity index (χ4v) is 1.88. The summed E-state index contributed by atoms with van der Waals surface area (Å²) < 4.78 is 2.09. The molecule has 0 saturated carbocycles. The third kappa shape index (κ3) is 1.37. The number of tetrazole rings is 1. The van der Waals surface area contributed by atoms with Crippen LogP contribution in [0.3, 0.4) is 0 Å². The highest BCUT2D eigenvalue weighted by atomic mass is 16.5. The largest absolute Gasteiger partial charge is 0.618 e. The molecule has 0 atom stereocenters. The molecule has 7 heteroatoms. The van der Waals surface area contributed by atoms with Gasteiger partial charge in [0.05, 0.1) is 5.39 Å². The first-order chi connectivity index (χ1) is 8.68. The molecule has 0 radical (unpaired) electrons. The zero-order chi connectivity index (χ0) is 12.7. The number of fused-ring (bicyclic) bond motifs is 1. The van der Waals surface area contributed by atoms with E-state index in [0.717, 1.165) is 0 Å². The first-order valence-electron chi connectivity index (χ1n) is 5.25. The molecule has 0 amide bonds. The molecule has 0 unspecified atom stereocenters. The van der Waals surface area contributed by atoms with Crippen LogP contribution in [0.4, 0.5) is 0 Å². The average molecular weight is 243 g/mol. The number of hydrogen-bond acceptors (Lipinski definition) is 5. The monoisotopic (exact) mass is 243 g/mol. The van der Waals surface area contributed by atoms with Crippen LogP contribution >= 0.6 is 0 Å². The van der Waals surface area contributed by atoms with Crippen LogP contribution < -0.4 is 4.73 Å². The number of aromatic nitrogens is 5. The van der Waals surface area contributed by atoms with Crippen LogP contribution in [0.1, 0.15) is 0 Å². The third-order valence-corrected chi connectivity index (χ3v) is 2.76. The molecule has 0 saturated heterocycles. The summed E-state index contributed by atoms with van der Waals surface area (Å²) in [5.74, 6) is 0.332. The lowest BCUT2D eigenvalue weighted by Gasteiger charge is -2.07. The Morgan fingerprint density at radius 1 is 1.33 bits per heavy atom. The number of hydrogen-bond donors (Lipinski definition) is 1. The maximum Gasteiger partial charge on any atom is 0.227 e. The van der Waals surface area contributed by atoms with Gasteiger partial charge in [-0.15, -0.1) is 5.10 Å². The molecule has 3 rings (SSSR count). The number of benzene rings is 1. The summed E-state index contributed by atoms with van der Waals surface area (Å²) in [4.78, 5) is 0. The lowest BCUT2D eigenvalue weighted by molar-refractivity contribution is -0.576. The van der Waals surface area contributed by atoms with Gasteiger partial charge in [0.2, 0.25) is 5.52 Å². The molecule has 0 aliphatic heterocycles. The number of rotatable bonds is 1. The topological polar surface area (TPSA) is 90.8 Å². The summed E-state index contributed by atoms with van der Waals surface area (Å²) >= 11 is 0. The van der Waals surface area contributed by atoms with Gasteiger partial charge in [0.1, 0.15) is 11.3 Å². The molecular weight excluding hydrogens is 234 g/mol. The highest BCUT2D eigenvalue weighted by molar-refractivity contribution is 5.88. The molecule has 0 fully saturated rings. The van der Waals surface area contributed by atoms with E-state index in [2.05, 4.69) is 15.5 Å². The van der Waals surface area contributed by atoms with Crippen LogP contribution in [0, 0.1) is 5.21 Å². The summed E-state index contributed by atoms with van der Waals surface area (Å²) in [5.41, 5.74) is 0.699. The summed E-state index contributed by atoms with van der Waals surface area (Å²) in [5, 5.41) is 33.5. The van der Waals surface area contributed by atoms with Crippen molar-refractivity contribution in [2.45, 2.75) is 0 Å². The van der Waals surface area contributed by atoms with E-state index < -0.39 is 0 Å². The Labute approximate surface area is 101 Å². The van der Waals surface area contributed by atoms with E-state index in [4.69, 9.17) is 0 Å². The Kier molecular flexibility index (Phi) is 2.12. The molecule has 1 N–H and O–H groups in total. The number of aromatic hydroxyl groups is 1. The second-order valence-electron chi connectivity index (χ2n) is 3.86. The third-order valence-electron chi connectivity index (χ3n) is 2.76. The molecule has 2 aromatic heterocycles. The molecule has 0 bridgehead atoms. The van der Waals surface area contributed by atoms with Crippen LogP contribution in [-0.2, 0) is 7.05 Å². The fraction of sp³-hybridized carbons (Fsp3) is 0.0909. The maximum absolute atomic E-state index is 11.9. The smallest absolute Gasteiger partial charge is 0.227 e. The zero-order valence-corrected chi connectivity index (χ0v) is 9.48. The standard InChI is InChI=1S/C11H9N5O2/c1-15-11(12-13-14-15)8-6-16(18)9-5-3-2-4-7(9)10(8)17/h2-6,17H,1H3. The molecule has 2 heterocycles. The van der Waals surface area contributed by atoms with Gasteiger partial charge in [0.15, 0.2) is 12.0 Å². The minimum atomic E-state index is -0.00407. The van der Waals surface area contributed by atoms with Gasteiger partial charge in [0, 0.05) is 13.1 Å². The van der Waals surface area contributed by atoms with Crippen molar-refractivity contribution in [3.63, 3.8) is 0 Å². The van der Waals surface area contributed by atoms with Crippen molar-refractivity contribution in [2.75, 3.05) is 0 Å². The first-order valence-corrected chi connectivity index (χ1v) is 5.25. The highest BCUT2D eigenvalue weighted by Gasteiger charge is 2.19. The molecule has 0 aliphatic carbocycles. The van der Waals surface area contributed by atoms with E-state index in [9.17, 15) is 10.3 Å². The van der Waals surface area contributed by atoms with E-state index in [-0.39, 0.29) is 5.75 Å². The highest BCUT2D eigenvalue weighted by Crippen LogP contribution is 2.31. The number of nitrogens with zero attached hydrogens (tertiary/aromatic N) is 5. The summed E-state index contributed by atoms with van der Waals surface area (Å²) in [7, 11) is 1.64. The van der Waals surface area contributed by atoms with Gasteiger partial charge < -0.3 is 10.3 Å². The van der Waals surface area contributed by atoms with E-state index in [1.54, 1.807) is 31.3 Å². The quantitative estimate of drug-likeness (QED) is 0.492. The van der Waals surface area contributed by atoms with E-state index in [0.29, 0.717) is 27.0 Å². The van der Waals surface area contributed by atoms with E-state index in [1.165, 1.54) is 10.9 Å². The fourth-order valence-electron chi connectivity index (χ4n) is 1.88. The second-order valence-corrected chi connectivity index (χ2v) is 3.86. The van der Waals surface area contributed by atoms with E-state index in [1.807, 2.05) is 0 Å². The molecule has 90 valence electrons. The van der Waals surface area contributed by atoms with Crippen molar-refractivity contribution in [2.24, 2.45) is 7.05 Å². The minimum Gasteiger partial charge on any atom is -0.618 e. The van der Waals surface area contributed by atoms with Crippen LogP contribution in [0.2, 0.25) is 0 Å². The van der Waals surface area contributed by atoms with Crippen LogP contribution in [0.5, 0.6) is 5.75 Å². The van der Waals surface area contributed by atoms with E-state index >= 15 is 0 Å². The molecule has 3 aromatic rings. The number of aryl methyl sites for hydroxylation is 1. The van der Waals surface area contributed by atoms with Crippen molar-refractivity contribution in [1.29, 1.82) is 0 Å². The molecular formula is C11H9N5O2. The normalized spacial score (nSPS) is 10.9. The summed E-state index contributed by atoms with van der Waals surface area (Å²) in [6, 6.07) is 6.80. The molecule has 7 nitrogen and oxygen atoms in total. The van der Waals surface area contributed by atoms with Gasteiger partial charge in [-0.3, -0.25) is 0 Å². The van der Waals surface area contributed by atoms with Crippen molar-refractivity contribution in [1.82, 2.24) is 20.2 Å². The van der Waals surface area contributed by atoms with Gasteiger partial charge in [-0.2, -0.15) is 4.73 Å². The van der Waals surface area contributed by atoms with Crippen LogP contribution in [0.15, 0.2) is 30.5 Å². The average Bonchev–Trinajstić information content (AvgIpc) is 2.80. The van der Waals surface area contributed by atoms with Gasteiger partial charge in [-0.05, 0) is 16.5 Å². The number of pyridine rings is 1. The minimum absolute atomic E-state index is 0.00407. The molecule has 18 heavy (non-hydrogen) atoms. The Hall–Kier alpha value is -2.70. The van der Waals surface area contributed by atoms with Gasteiger partial charge in [-0.25, -0.2) is 4.68 Å². The van der Waals surface area contributed by atoms with Gasteiger partial charge in [-0.1, -0.05) is 12.1 Å². The number of para-hydroxylation sites is 1. The van der Waals surface area contributed by atoms with Crippen molar-refractivity contribution in [3.8, 4) is 17.1 Å². The predicted molar refractivity (Wildman–Crippen MR) is 62.4 cm³/mol. The zero-order valence-electron chi connectivity index (χ0n) is 9.48. The van der Waals surface area contributed by atoms with Gasteiger partial charge in [0.25, 0.3) is 0 Å². The Balaban J connectivity index is 2.39. The molecule has 1 aromatic carbocycles. The van der Waals surface area contributed by atoms with Crippen molar-refractivity contribution >= 4 is 10.9 Å². The lowest BCUT2D eigenvalue weighted by atomic mass is 10.1. The van der Waals surface area contributed by atoms with Crippen LogP contribution in [-0.4, -0.2) is 25.3 Å². The van der Waals surface area contributed by atoms with Crippen molar-refractivity contribution < 1.29 is 9.84 Å². The summed E-state index contributed by atoms with van der Waals surface area (Å²) in [6.45, 7) is 0. The Bertz CT molecular complexity index is 737. The van der Waals surface area contributed by atoms with Crippen LogP contribution in [0.25, 0.3) is 22.3 Å².